The lowest BCUT2D eigenvalue weighted by atomic mass is 10.1. The van der Waals surface area contributed by atoms with E-state index in [2.05, 4.69) is 27.9 Å². The summed E-state index contributed by atoms with van der Waals surface area (Å²) in [5.41, 5.74) is 1.86. The summed E-state index contributed by atoms with van der Waals surface area (Å²) in [6, 6.07) is 5.84. The van der Waals surface area contributed by atoms with E-state index in [0.29, 0.717) is 0 Å². The number of carbonyl (C=O) groups excluding carboxylic acids is 1. The Labute approximate surface area is 121 Å². The van der Waals surface area contributed by atoms with Crippen LogP contribution in [-0.2, 0) is 0 Å². The summed E-state index contributed by atoms with van der Waals surface area (Å²) >= 11 is 8.11. The van der Waals surface area contributed by atoms with Crippen molar-refractivity contribution in [3.05, 3.63) is 32.9 Å². The van der Waals surface area contributed by atoms with Crippen molar-refractivity contribution in [2.24, 2.45) is 0 Å². The Morgan fingerprint density at radius 1 is 1.47 bits per heavy atom. The highest BCUT2D eigenvalue weighted by molar-refractivity contribution is 14.1. The minimum Gasteiger partial charge on any atom is -0.350 e. The summed E-state index contributed by atoms with van der Waals surface area (Å²) in [5, 5.41) is 3.04. The number of rotatable bonds is 4. The average molecular weight is 366 g/mol. The molecule has 2 unspecified atom stereocenters. The Balaban J connectivity index is 2.73. The van der Waals surface area contributed by atoms with E-state index in [1.165, 1.54) is 0 Å². The minimum absolute atomic E-state index is 0.0251. The van der Waals surface area contributed by atoms with Gasteiger partial charge in [0.15, 0.2) is 0 Å². The van der Waals surface area contributed by atoms with E-state index in [9.17, 15) is 4.79 Å². The van der Waals surface area contributed by atoms with E-state index in [0.717, 1.165) is 21.1 Å². The molecule has 2 atom stereocenters. The van der Waals surface area contributed by atoms with Gasteiger partial charge in [-0.3, -0.25) is 4.79 Å². The van der Waals surface area contributed by atoms with Gasteiger partial charge >= 0.3 is 0 Å². The number of hydrogen-bond acceptors (Lipinski definition) is 1. The number of carbonyl (C=O) groups is 1. The predicted molar refractivity (Wildman–Crippen MR) is 80.8 cm³/mol. The second kappa shape index (κ2) is 6.59. The molecule has 1 aromatic rings. The van der Waals surface area contributed by atoms with Crippen LogP contribution in [0.25, 0.3) is 0 Å². The fraction of sp³-hybridized carbons (Fsp3) is 0.462. The van der Waals surface area contributed by atoms with Crippen LogP contribution >= 0.6 is 34.2 Å². The molecule has 0 radical (unpaired) electrons. The molecule has 94 valence electrons. The largest absolute Gasteiger partial charge is 0.350 e. The summed E-state index contributed by atoms with van der Waals surface area (Å²) in [6.07, 6.45) is 0.774. The minimum atomic E-state index is -0.0251. The van der Waals surface area contributed by atoms with Crippen molar-refractivity contribution in [2.75, 3.05) is 0 Å². The third-order valence-corrected chi connectivity index (χ3v) is 4.10. The highest BCUT2D eigenvalue weighted by atomic mass is 127. The zero-order chi connectivity index (χ0) is 13.0. The number of alkyl halides is 1. The topological polar surface area (TPSA) is 29.1 Å². The number of aryl methyl sites for hydroxylation is 1. The van der Waals surface area contributed by atoms with E-state index in [-0.39, 0.29) is 17.3 Å². The summed E-state index contributed by atoms with van der Waals surface area (Å²) in [7, 11) is 0. The number of hydrogen-bond donors (Lipinski definition) is 1. The molecule has 0 fully saturated rings. The maximum atomic E-state index is 12.1. The molecular formula is C13H17ClINO. The fourth-order valence-electron chi connectivity index (χ4n) is 1.67. The first-order valence-electron chi connectivity index (χ1n) is 5.62. The zero-order valence-electron chi connectivity index (χ0n) is 10.3. The molecule has 1 amide bonds. The monoisotopic (exact) mass is 365 g/mol. The molecule has 1 rings (SSSR count). The van der Waals surface area contributed by atoms with E-state index < -0.39 is 0 Å². The Morgan fingerprint density at radius 2 is 2.12 bits per heavy atom. The van der Waals surface area contributed by atoms with Crippen molar-refractivity contribution in [1.82, 2.24) is 5.32 Å². The summed E-state index contributed by atoms with van der Waals surface area (Å²) < 4.78 is 1.01. The van der Waals surface area contributed by atoms with Gasteiger partial charge in [-0.2, -0.15) is 0 Å². The van der Waals surface area contributed by atoms with E-state index in [4.69, 9.17) is 11.6 Å². The lowest BCUT2D eigenvalue weighted by Gasteiger charge is -2.16. The van der Waals surface area contributed by atoms with Crippen LogP contribution in [-0.4, -0.2) is 17.3 Å². The van der Waals surface area contributed by atoms with Crippen molar-refractivity contribution < 1.29 is 4.79 Å². The third-order valence-electron chi connectivity index (χ3n) is 2.49. The van der Waals surface area contributed by atoms with E-state index in [1.807, 2.05) is 39.0 Å². The molecule has 0 aliphatic carbocycles. The Hall–Kier alpha value is -0.290. The molecule has 4 heteroatoms. The number of benzene rings is 1. The second-order valence-electron chi connectivity index (χ2n) is 4.33. The van der Waals surface area contributed by atoms with Gasteiger partial charge in [0, 0.05) is 15.0 Å². The van der Waals surface area contributed by atoms with Gasteiger partial charge in [-0.15, -0.1) is 11.6 Å². The van der Waals surface area contributed by atoms with Crippen LogP contribution in [0.3, 0.4) is 0 Å². The molecule has 0 saturated heterocycles. The molecule has 0 spiro atoms. The number of halogens is 2. The molecule has 0 aromatic heterocycles. The van der Waals surface area contributed by atoms with Gasteiger partial charge in [0.1, 0.15) is 0 Å². The molecule has 17 heavy (non-hydrogen) atoms. The van der Waals surface area contributed by atoms with Gasteiger partial charge in [0.25, 0.3) is 5.91 Å². The Morgan fingerprint density at radius 3 is 2.71 bits per heavy atom. The van der Waals surface area contributed by atoms with E-state index in [1.54, 1.807) is 0 Å². The van der Waals surface area contributed by atoms with Crippen LogP contribution in [0.5, 0.6) is 0 Å². The summed E-state index contributed by atoms with van der Waals surface area (Å²) in [5.74, 6) is -0.0251. The SMILES string of the molecule is Cc1cccc(C(=O)NC(C)CC(C)Cl)c1I. The maximum Gasteiger partial charge on any atom is 0.252 e. The Bertz CT molecular complexity index is 406. The quantitative estimate of drug-likeness (QED) is 0.639. The maximum absolute atomic E-state index is 12.1. The van der Waals surface area contributed by atoms with Gasteiger partial charge in [0.2, 0.25) is 0 Å². The highest BCUT2D eigenvalue weighted by Gasteiger charge is 2.14. The molecule has 2 nitrogen and oxygen atoms in total. The molecule has 0 saturated carbocycles. The van der Waals surface area contributed by atoms with Crippen molar-refractivity contribution in [3.63, 3.8) is 0 Å². The van der Waals surface area contributed by atoms with Gasteiger partial charge in [-0.25, -0.2) is 0 Å². The molecule has 0 bridgehead atoms. The van der Waals surface area contributed by atoms with Gasteiger partial charge < -0.3 is 5.32 Å². The van der Waals surface area contributed by atoms with Crippen molar-refractivity contribution >= 4 is 40.1 Å². The van der Waals surface area contributed by atoms with Crippen LogP contribution in [0.1, 0.15) is 36.2 Å². The molecule has 1 aromatic carbocycles. The van der Waals surface area contributed by atoms with E-state index >= 15 is 0 Å². The van der Waals surface area contributed by atoms with Gasteiger partial charge in [-0.1, -0.05) is 12.1 Å². The van der Waals surface area contributed by atoms with Crippen LogP contribution in [0.15, 0.2) is 18.2 Å². The normalized spacial score (nSPS) is 14.2. The molecule has 1 N–H and O–H groups in total. The smallest absolute Gasteiger partial charge is 0.252 e. The first kappa shape index (κ1) is 14.8. The van der Waals surface area contributed by atoms with Crippen LogP contribution in [0, 0.1) is 10.5 Å². The number of nitrogens with one attached hydrogen (secondary N) is 1. The van der Waals surface area contributed by atoms with Crippen molar-refractivity contribution in [3.8, 4) is 0 Å². The first-order chi connectivity index (χ1) is 7.91. The predicted octanol–water partition coefficient (Wildman–Crippen LogP) is 3.74. The Kier molecular flexibility index (Phi) is 5.73. The lowest BCUT2D eigenvalue weighted by Crippen LogP contribution is -2.34. The van der Waals surface area contributed by atoms with Gasteiger partial charge in [-0.05, 0) is 61.4 Å². The molecule has 0 aliphatic heterocycles. The highest BCUT2D eigenvalue weighted by Crippen LogP contribution is 2.17. The summed E-state index contributed by atoms with van der Waals surface area (Å²) in [6.45, 7) is 5.91. The number of amides is 1. The van der Waals surface area contributed by atoms with Crippen molar-refractivity contribution in [1.29, 1.82) is 0 Å². The first-order valence-corrected chi connectivity index (χ1v) is 7.13. The molecular weight excluding hydrogens is 349 g/mol. The van der Waals surface area contributed by atoms with Gasteiger partial charge in [0.05, 0.1) is 5.56 Å². The van der Waals surface area contributed by atoms with Crippen molar-refractivity contribution in [2.45, 2.75) is 38.6 Å². The fourth-order valence-corrected chi connectivity index (χ4v) is 2.54. The molecule has 0 heterocycles. The van der Waals surface area contributed by atoms with Crippen LogP contribution < -0.4 is 5.32 Å². The zero-order valence-corrected chi connectivity index (χ0v) is 13.2. The summed E-state index contributed by atoms with van der Waals surface area (Å²) in [4.78, 5) is 12.1. The van der Waals surface area contributed by atoms with Crippen LogP contribution in [0.4, 0.5) is 0 Å². The van der Waals surface area contributed by atoms with Crippen LogP contribution in [0.2, 0.25) is 0 Å². The lowest BCUT2D eigenvalue weighted by molar-refractivity contribution is 0.0937. The standard InChI is InChI=1S/C13H17ClINO/c1-8-5-4-6-11(12(8)15)13(17)16-10(3)7-9(2)14/h4-6,9-10H,7H2,1-3H3,(H,16,17). The third kappa shape index (κ3) is 4.47. The average Bonchev–Trinajstić information content (AvgIpc) is 2.20. The second-order valence-corrected chi connectivity index (χ2v) is 6.15. The molecule has 0 aliphatic rings.